The third kappa shape index (κ3) is 4.76. The second-order valence-corrected chi connectivity index (χ2v) is 8.66. The van der Waals surface area contributed by atoms with Crippen molar-refractivity contribution in [3.8, 4) is 11.8 Å². The van der Waals surface area contributed by atoms with Crippen LogP contribution in [0.3, 0.4) is 0 Å². The Labute approximate surface area is 182 Å². The number of ether oxygens (including phenoxy) is 1. The van der Waals surface area contributed by atoms with Crippen LogP contribution in [0.1, 0.15) is 35.8 Å². The molecule has 0 bridgehead atoms. The molecular weight excluding hydrogens is 437 g/mol. The van der Waals surface area contributed by atoms with Gasteiger partial charge in [0, 0.05) is 9.90 Å². The molecule has 2 N–H and O–H groups in total. The SMILES string of the molecule is CC(Oc1ccc(Cl)cc1Cl)C(=O)NC(=S)Nc1sc2c(c1C#N)CCCC2. The smallest absolute Gasteiger partial charge is 0.266 e. The summed E-state index contributed by atoms with van der Waals surface area (Å²) in [6.07, 6.45) is 3.26. The van der Waals surface area contributed by atoms with Gasteiger partial charge in [0.1, 0.15) is 16.8 Å². The van der Waals surface area contributed by atoms with Gasteiger partial charge in [-0.1, -0.05) is 23.2 Å². The molecule has 1 amide bonds. The van der Waals surface area contributed by atoms with Gasteiger partial charge < -0.3 is 10.1 Å². The summed E-state index contributed by atoms with van der Waals surface area (Å²) in [4.78, 5) is 13.6. The minimum absolute atomic E-state index is 0.123. The minimum Gasteiger partial charge on any atom is -0.479 e. The quantitative estimate of drug-likeness (QED) is 0.630. The van der Waals surface area contributed by atoms with Gasteiger partial charge in [-0.3, -0.25) is 10.1 Å². The highest BCUT2D eigenvalue weighted by atomic mass is 35.5. The Morgan fingerprint density at radius 2 is 2.11 bits per heavy atom. The number of fused-ring (bicyclic) bond motifs is 1. The van der Waals surface area contributed by atoms with Gasteiger partial charge in [-0.2, -0.15) is 5.26 Å². The fourth-order valence-electron chi connectivity index (χ4n) is 2.93. The summed E-state index contributed by atoms with van der Waals surface area (Å²) in [7, 11) is 0. The average Bonchev–Trinajstić information content (AvgIpc) is 3.00. The standard InChI is InChI=1S/C19H17Cl2N3O2S2/c1-10(26-15-7-6-11(20)8-14(15)21)17(25)23-19(27)24-18-13(9-22)12-4-2-3-5-16(12)28-18/h6-8,10H,2-5H2,1H3,(H2,23,24,25,27). The van der Waals surface area contributed by atoms with E-state index in [4.69, 9.17) is 40.2 Å². The van der Waals surface area contributed by atoms with Crippen molar-refractivity contribution in [2.45, 2.75) is 38.7 Å². The number of nitrogens with one attached hydrogen (secondary N) is 2. The van der Waals surface area contributed by atoms with Crippen molar-refractivity contribution in [3.63, 3.8) is 0 Å². The number of halogens is 2. The van der Waals surface area contributed by atoms with Crippen molar-refractivity contribution < 1.29 is 9.53 Å². The van der Waals surface area contributed by atoms with Gasteiger partial charge in [-0.05, 0) is 68.6 Å². The fraction of sp³-hybridized carbons (Fsp3) is 0.316. The summed E-state index contributed by atoms with van der Waals surface area (Å²) in [6, 6.07) is 7.02. The zero-order valence-electron chi connectivity index (χ0n) is 15.0. The van der Waals surface area contributed by atoms with Crippen molar-refractivity contribution in [3.05, 3.63) is 44.2 Å². The Bertz CT molecular complexity index is 969. The van der Waals surface area contributed by atoms with E-state index in [1.807, 2.05) is 0 Å². The number of hydrogen-bond donors (Lipinski definition) is 2. The van der Waals surface area contributed by atoms with Gasteiger partial charge in [0.15, 0.2) is 11.2 Å². The van der Waals surface area contributed by atoms with Crippen molar-refractivity contribution >= 4 is 62.8 Å². The Hall–Kier alpha value is -1.85. The van der Waals surface area contributed by atoms with E-state index >= 15 is 0 Å². The number of benzene rings is 1. The minimum atomic E-state index is -0.828. The number of carbonyl (C=O) groups excluding carboxylic acids is 1. The lowest BCUT2D eigenvalue weighted by Crippen LogP contribution is -2.42. The van der Waals surface area contributed by atoms with Gasteiger partial charge in [0.2, 0.25) is 0 Å². The normalized spacial score (nSPS) is 13.8. The lowest BCUT2D eigenvalue weighted by atomic mass is 9.96. The van der Waals surface area contributed by atoms with E-state index in [0.29, 0.717) is 26.4 Å². The molecule has 3 rings (SSSR count). The molecule has 1 aromatic heterocycles. The summed E-state index contributed by atoms with van der Waals surface area (Å²) in [6.45, 7) is 1.59. The van der Waals surface area contributed by atoms with Gasteiger partial charge in [0.05, 0.1) is 10.6 Å². The van der Waals surface area contributed by atoms with E-state index in [2.05, 4.69) is 16.7 Å². The molecule has 0 saturated carbocycles. The molecule has 0 saturated heterocycles. The summed E-state index contributed by atoms with van der Waals surface area (Å²) < 4.78 is 5.58. The number of amides is 1. The van der Waals surface area contributed by atoms with E-state index in [1.54, 1.807) is 19.1 Å². The topological polar surface area (TPSA) is 74.2 Å². The largest absolute Gasteiger partial charge is 0.479 e. The number of thiocarbonyl (C=S) groups is 1. The number of carbonyl (C=O) groups is 1. The number of anilines is 1. The molecule has 1 aromatic carbocycles. The molecule has 0 spiro atoms. The molecule has 9 heteroatoms. The van der Waals surface area contributed by atoms with Crippen LogP contribution in [-0.4, -0.2) is 17.1 Å². The van der Waals surface area contributed by atoms with Crippen LogP contribution in [0.4, 0.5) is 5.00 Å². The first-order valence-electron chi connectivity index (χ1n) is 8.67. The maximum atomic E-state index is 12.4. The molecule has 5 nitrogen and oxygen atoms in total. The molecular formula is C19H17Cl2N3O2S2. The maximum Gasteiger partial charge on any atom is 0.266 e. The molecule has 28 heavy (non-hydrogen) atoms. The number of thiophene rings is 1. The van der Waals surface area contributed by atoms with Gasteiger partial charge in [0.25, 0.3) is 5.91 Å². The number of aryl methyl sites for hydroxylation is 1. The third-order valence-electron chi connectivity index (χ3n) is 4.31. The first kappa shape index (κ1) is 20.9. The molecule has 2 aromatic rings. The monoisotopic (exact) mass is 453 g/mol. The summed E-state index contributed by atoms with van der Waals surface area (Å²) >= 11 is 18.7. The molecule has 1 heterocycles. The second-order valence-electron chi connectivity index (χ2n) is 6.31. The molecule has 0 fully saturated rings. The second kappa shape index (κ2) is 9.10. The van der Waals surface area contributed by atoms with Crippen molar-refractivity contribution in [2.75, 3.05) is 5.32 Å². The third-order valence-corrected chi connectivity index (χ3v) is 6.26. The highest BCUT2D eigenvalue weighted by Gasteiger charge is 2.22. The summed E-state index contributed by atoms with van der Waals surface area (Å²) in [5.41, 5.74) is 1.72. The summed E-state index contributed by atoms with van der Waals surface area (Å²) in [5, 5.41) is 16.7. The highest BCUT2D eigenvalue weighted by Crippen LogP contribution is 2.37. The maximum absolute atomic E-state index is 12.4. The van der Waals surface area contributed by atoms with Crippen molar-refractivity contribution in [1.29, 1.82) is 5.26 Å². The number of nitrogens with zero attached hydrogens (tertiary/aromatic N) is 1. The molecule has 1 aliphatic carbocycles. The number of nitriles is 1. The molecule has 0 aliphatic heterocycles. The lowest BCUT2D eigenvalue weighted by Gasteiger charge is -2.16. The number of rotatable bonds is 4. The Morgan fingerprint density at radius 3 is 2.82 bits per heavy atom. The van der Waals surface area contributed by atoms with E-state index in [9.17, 15) is 10.1 Å². The zero-order valence-corrected chi connectivity index (χ0v) is 18.1. The fourth-order valence-corrected chi connectivity index (χ4v) is 4.90. The van der Waals surface area contributed by atoms with Gasteiger partial charge >= 0.3 is 0 Å². The molecule has 1 unspecified atom stereocenters. The van der Waals surface area contributed by atoms with Crippen LogP contribution >= 0.6 is 46.8 Å². The van der Waals surface area contributed by atoms with Gasteiger partial charge in [-0.25, -0.2) is 0 Å². The van der Waals surface area contributed by atoms with Crippen LogP contribution in [0, 0.1) is 11.3 Å². The zero-order chi connectivity index (χ0) is 20.3. The Kier molecular flexibility index (Phi) is 6.78. The predicted octanol–water partition coefficient (Wildman–Crippen LogP) is 5.09. The first-order valence-corrected chi connectivity index (χ1v) is 10.6. The highest BCUT2D eigenvalue weighted by molar-refractivity contribution is 7.80. The molecule has 146 valence electrons. The van der Waals surface area contributed by atoms with Crippen LogP contribution in [-0.2, 0) is 17.6 Å². The lowest BCUT2D eigenvalue weighted by molar-refractivity contribution is -0.125. The van der Waals surface area contributed by atoms with Crippen LogP contribution < -0.4 is 15.4 Å². The van der Waals surface area contributed by atoms with Crippen molar-refractivity contribution in [2.24, 2.45) is 0 Å². The van der Waals surface area contributed by atoms with Crippen LogP contribution in [0.2, 0.25) is 10.0 Å². The van der Waals surface area contributed by atoms with Crippen LogP contribution in [0.5, 0.6) is 5.75 Å². The molecule has 1 atom stereocenters. The van der Waals surface area contributed by atoms with Crippen LogP contribution in [0.25, 0.3) is 0 Å². The summed E-state index contributed by atoms with van der Waals surface area (Å²) in [5.74, 6) is -0.0753. The van der Waals surface area contributed by atoms with Crippen molar-refractivity contribution in [1.82, 2.24) is 5.32 Å². The van der Waals surface area contributed by atoms with E-state index in [-0.39, 0.29) is 5.11 Å². The van der Waals surface area contributed by atoms with E-state index < -0.39 is 12.0 Å². The Morgan fingerprint density at radius 1 is 1.36 bits per heavy atom. The molecule has 0 radical (unpaired) electrons. The first-order chi connectivity index (χ1) is 13.4. The Balaban J connectivity index is 1.62. The predicted molar refractivity (Wildman–Crippen MR) is 117 cm³/mol. The van der Waals surface area contributed by atoms with Gasteiger partial charge in [-0.15, -0.1) is 11.3 Å². The van der Waals surface area contributed by atoms with E-state index in [0.717, 1.165) is 31.2 Å². The van der Waals surface area contributed by atoms with Crippen LogP contribution in [0.15, 0.2) is 18.2 Å². The molecule has 1 aliphatic rings. The average molecular weight is 454 g/mol. The number of hydrogen-bond acceptors (Lipinski definition) is 5. The van der Waals surface area contributed by atoms with E-state index in [1.165, 1.54) is 22.3 Å².